The molecule has 0 saturated heterocycles. The van der Waals surface area contributed by atoms with Crippen molar-refractivity contribution in [2.45, 2.75) is 6.54 Å². The lowest BCUT2D eigenvalue weighted by Crippen LogP contribution is -2.25. The maximum Gasteiger partial charge on any atom is 0.300 e. The summed E-state index contributed by atoms with van der Waals surface area (Å²) in [5.41, 5.74) is -0.505. The van der Waals surface area contributed by atoms with Crippen LogP contribution in [0.25, 0.3) is 0 Å². The highest BCUT2D eigenvalue weighted by atomic mass is 35.5. The highest BCUT2D eigenvalue weighted by Crippen LogP contribution is 2.27. The van der Waals surface area contributed by atoms with Gasteiger partial charge < -0.3 is 9.88 Å². The first-order valence-electron chi connectivity index (χ1n) is 5.54. The summed E-state index contributed by atoms with van der Waals surface area (Å²) in [4.78, 5) is 22.3. The third kappa shape index (κ3) is 2.75. The average Bonchev–Trinajstić information content (AvgIpc) is 2.80. The maximum atomic E-state index is 12.0. The lowest BCUT2D eigenvalue weighted by atomic mass is 10.1. The normalized spacial score (nSPS) is 10.3. The Balaban J connectivity index is 2.20. The number of halogens is 1. The first-order valence-corrected chi connectivity index (χ1v) is 5.92. The van der Waals surface area contributed by atoms with E-state index in [0.29, 0.717) is 5.82 Å². The number of aryl methyl sites for hydroxylation is 1. The van der Waals surface area contributed by atoms with Crippen LogP contribution in [0.5, 0.6) is 0 Å². The molecule has 0 unspecified atom stereocenters. The summed E-state index contributed by atoms with van der Waals surface area (Å²) in [5.74, 6) is -0.0646. The largest absolute Gasteiger partial charge is 0.345 e. The Morgan fingerprint density at radius 1 is 1.55 bits per heavy atom. The van der Waals surface area contributed by atoms with Crippen molar-refractivity contribution in [1.82, 2.24) is 20.1 Å². The minimum absolute atomic E-state index is 0.0821. The van der Waals surface area contributed by atoms with Crippen LogP contribution < -0.4 is 5.32 Å². The molecule has 0 bridgehead atoms. The molecule has 1 aromatic carbocycles. The average molecular weight is 296 g/mol. The Morgan fingerprint density at radius 3 is 2.90 bits per heavy atom. The van der Waals surface area contributed by atoms with Crippen LogP contribution in [-0.4, -0.2) is 25.6 Å². The lowest BCUT2D eigenvalue weighted by molar-refractivity contribution is -0.385. The Kier molecular flexibility index (Phi) is 3.94. The summed E-state index contributed by atoms with van der Waals surface area (Å²) in [6.45, 7) is 0.110. The summed E-state index contributed by atoms with van der Waals surface area (Å²) in [7, 11) is 1.73. The van der Waals surface area contributed by atoms with Crippen molar-refractivity contribution >= 4 is 23.2 Å². The lowest BCUT2D eigenvalue weighted by Gasteiger charge is -2.06. The van der Waals surface area contributed by atoms with Crippen molar-refractivity contribution < 1.29 is 9.72 Å². The van der Waals surface area contributed by atoms with Crippen LogP contribution in [0.2, 0.25) is 5.02 Å². The van der Waals surface area contributed by atoms with E-state index in [1.807, 2.05) is 0 Å². The molecule has 2 aromatic rings. The quantitative estimate of drug-likeness (QED) is 0.676. The van der Waals surface area contributed by atoms with Gasteiger partial charge in [-0.05, 0) is 12.1 Å². The van der Waals surface area contributed by atoms with Crippen LogP contribution in [0.15, 0.2) is 24.5 Å². The van der Waals surface area contributed by atoms with Gasteiger partial charge in [0.25, 0.3) is 5.91 Å². The first kappa shape index (κ1) is 13.9. The second-order valence-corrected chi connectivity index (χ2v) is 4.34. The molecule has 0 atom stereocenters. The Hall–Kier alpha value is -2.48. The van der Waals surface area contributed by atoms with Gasteiger partial charge in [0.15, 0.2) is 5.82 Å². The molecule has 0 aliphatic rings. The Morgan fingerprint density at radius 2 is 2.30 bits per heavy atom. The standard InChI is InChI=1S/C11H10ClN5O3/c1-16-6-14-15-9(16)5-13-11(18)7-3-2-4-8(12)10(7)17(19)20/h2-4,6H,5H2,1H3,(H,13,18). The molecule has 1 heterocycles. The number of benzene rings is 1. The molecule has 2 rings (SSSR count). The van der Waals surface area contributed by atoms with E-state index in [9.17, 15) is 14.9 Å². The molecule has 0 spiro atoms. The number of hydrogen-bond donors (Lipinski definition) is 1. The van der Waals surface area contributed by atoms with E-state index in [1.54, 1.807) is 11.6 Å². The smallest absolute Gasteiger partial charge is 0.300 e. The molecule has 0 fully saturated rings. The second-order valence-electron chi connectivity index (χ2n) is 3.93. The molecular formula is C11H10ClN5O3. The van der Waals surface area contributed by atoms with Gasteiger partial charge in [-0.15, -0.1) is 10.2 Å². The highest BCUT2D eigenvalue weighted by molar-refractivity contribution is 6.33. The van der Waals surface area contributed by atoms with Crippen molar-refractivity contribution in [3.63, 3.8) is 0 Å². The van der Waals surface area contributed by atoms with E-state index in [1.165, 1.54) is 24.5 Å². The minimum atomic E-state index is -0.681. The molecule has 1 amide bonds. The molecular weight excluding hydrogens is 286 g/mol. The summed E-state index contributed by atoms with van der Waals surface area (Å²) in [5, 5.41) is 20.9. The number of nitro groups is 1. The van der Waals surface area contributed by atoms with Gasteiger partial charge in [0, 0.05) is 7.05 Å². The molecule has 0 aliphatic carbocycles. The number of para-hydroxylation sites is 1. The predicted molar refractivity (Wildman–Crippen MR) is 70.3 cm³/mol. The monoisotopic (exact) mass is 295 g/mol. The van der Waals surface area contributed by atoms with Crippen LogP contribution in [0.3, 0.4) is 0 Å². The zero-order valence-electron chi connectivity index (χ0n) is 10.4. The van der Waals surface area contributed by atoms with Crippen molar-refractivity contribution in [3.8, 4) is 0 Å². The number of carbonyl (C=O) groups excluding carboxylic acids is 1. The number of carbonyl (C=O) groups is 1. The van der Waals surface area contributed by atoms with Crippen LogP contribution in [0.4, 0.5) is 5.69 Å². The van der Waals surface area contributed by atoms with E-state index in [-0.39, 0.29) is 17.1 Å². The molecule has 1 N–H and O–H groups in total. The fraction of sp³-hybridized carbons (Fsp3) is 0.182. The van der Waals surface area contributed by atoms with Crippen LogP contribution >= 0.6 is 11.6 Å². The Bertz CT molecular complexity index is 670. The Labute approximate surface area is 118 Å². The van der Waals surface area contributed by atoms with Crippen molar-refractivity contribution in [2.24, 2.45) is 7.05 Å². The van der Waals surface area contributed by atoms with Gasteiger partial charge >= 0.3 is 5.69 Å². The molecule has 1 aromatic heterocycles. The van der Waals surface area contributed by atoms with Gasteiger partial charge in [0.05, 0.1) is 11.5 Å². The van der Waals surface area contributed by atoms with Gasteiger partial charge in [-0.3, -0.25) is 14.9 Å². The third-order valence-electron chi connectivity index (χ3n) is 2.63. The van der Waals surface area contributed by atoms with Crippen LogP contribution in [0.1, 0.15) is 16.2 Å². The fourth-order valence-corrected chi connectivity index (χ4v) is 1.85. The van der Waals surface area contributed by atoms with E-state index < -0.39 is 16.5 Å². The maximum absolute atomic E-state index is 12.0. The third-order valence-corrected chi connectivity index (χ3v) is 2.93. The molecule has 9 heteroatoms. The second kappa shape index (κ2) is 5.66. The van der Waals surface area contributed by atoms with E-state index in [4.69, 9.17) is 11.6 Å². The fourth-order valence-electron chi connectivity index (χ4n) is 1.61. The van der Waals surface area contributed by atoms with E-state index in [0.717, 1.165) is 0 Å². The molecule has 0 aliphatic heterocycles. The van der Waals surface area contributed by atoms with Gasteiger partial charge in [-0.25, -0.2) is 0 Å². The topological polar surface area (TPSA) is 103 Å². The molecule has 0 radical (unpaired) electrons. The minimum Gasteiger partial charge on any atom is -0.345 e. The number of nitro benzene ring substituents is 1. The van der Waals surface area contributed by atoms with Gasteiger partial charge in [-0.1, -0.05) is 17.7 Å². The SMILES string of the molecule is Cn1cnnc1CNC(=O)c1cccc(Cl)c1[N+](=O)[O-]. The number of rotatable bonds is 4. The van der Waals surface area contributed by atoms with E-state index >= 15 is 0 Å². The van der Waals surface area contributed by atoms with Crippen molar-refractivity contribution in [3.05, 3.63) is 51.1 Å². The summed E-state index contributed by atoms with van der Waals surface area (Å²) >= 11 is 5.75. The summed E-state index contributed by atoms with van der Waals surface area (Å²) in [6.07, 6.45) is 1.49. The number of aromatic nitrogens is 3. The summed E-state index contributed by atoms with van der Waals surface area (Å²) in [6, 6.07) is 4.18. The summed E-state index contributed by atoms with van der Waals surface area (Å²) < 4.78 is 1.63. The number of nitrogens with one attached hydrogen (secondary N) is 1. The van der Waals surface area contributed by atoms with Gasteiger partial charge in [-0.2, -0.15) is 0 Å². The highest BCUT2D eigenvalue weighted by Gasteiger charge is 2.23. The van der Waals surface area contributed by atoms with Crippen LogP contribution in [-0.2, 0) is 13.6 Å². The molecule has 20 heavy (non-hydrogen) atoms. The predicted octanol–water partition coefficient (Wildman–Crippen LogP) is 1.31. The van der Waals surface area contributed by atoms with Crippen LogP contribution in [0, 0.1) is 10.1 Å². The van der Waals surface area contributed by atoms with Crippen molar-refractivity contribution in [1.29, 1.82) is 0 Å². The molecule has 8 nitrogen and oxygen atoms in total. The zero-order chi connectivity index (χ0) is 14.7. The van der Waals surface area contributed by atoms with E-state index in [2.05, 4.69) is 15.5 Å². The molecule has 0 saturated carbocycles. The number of hydrogen-bond acceptors (Lipinski definition) is 5. The number of amides is 1. The van der Waals surface area contributed by atoms with Gasteiger partial charge in [0.2, 0.25) is 0 Å². The first-order chi connectivity index (χ1) is 9.50. The van der Waals surface area contributed by atoms with Gasteiger partial charge in [0.1, 0.15) is 16.9 Å². The molecule has 104 valence electrons. The van der Waals surface area contributed by atoms with Crippen molar-refractivity contribution in [2.75, 3.05) is 0 Å². The number of nitrogens with zero attached hydrogens (tertiary/aromatic N) is 4. The zero-order valence-corrected chi connectivity index (χ0v) is 11.2.